The normalized spacial score (nSPS) is 13.1. The summed E-state index contributed by atoms with van der Waals surface area (Å²) in [5, 5.41) is 11.2. The third-order valence-electron chi connectivity index (χ3n) is 14.9. The maximum Gasteiger partial charge on any atom is 0.140 e. The number of pyridine rings is 5. The summed E-state index contributed by atoms with van der Waals surface area (Å²) in [7, 11) is 0. The van der Waals surface area contributed by atoms with Crippen molar-refractivity contribution in [2.45, 2.75) is 19.3 Å². The molecule has 6 heteroatoms. The Morgan fingerprint density at radius 3 is 1.77 bits per heavy atom. The van der Waals surface area contributed by atoms with Gasteiger partial charge in [0.1, 0.15) is 11.2 Å². The second-order valence-electron chi connectivity index (χ2n) is 19.2. The molecule has 70 heavy (non-hydrogen) atoms. The molecule has 0 bridgehead atoms. The Kier molecular flexibility index (Phi) is 8.03. The molecule has 6 nitrogen and oxygen atoms in total. The van der Waals surface area contributed by atoms with Gasteiger partial charge < -0.3 is 4.42 Å². The highest BCUT2D eigenvalue weighted by Gasteiger charge is 2.39. The summed E-state index contributed by atoms with van der Waals surface area (Å²) in [6.45, 7) is 4.68. The van der Waals surface area contributed by atoms with Gasteiger partial charge in [0.15, 0.2) is 0 Å². The molecule has 0 atom stereocenters. The van der Waals surface area contributed by atoms with E-state index in [1.165, 1.54) is 54.9 Å². The first-order chi connectivity index (χ1) is 34.4. The second-order valence-corrected chi connectivity index (χ2v) is 19.2. The van der Waals surface area contributed by atoms with Gasteiger partial charge in [0.2, 0.25) is 0 Å². The van der Waals surface area contributed by atoms with Crippen LogP contribution in [0, 0.1) is 0 Å². The average Bonchev–Trinajstić information content (AvgIpc) is 3.90. The number of aromatic nitrogens is 5. The van der Waals surface area contributed by atoms with Gasteiger partial charge in [-0.2, -0.15) is 0 Å². The summed E-state index contributed by atoms with van der Waals surface area (Å²) in [5.74, 6) is 0. The molecule has 15 rings (SSSR count). The molecule has 14 aromatic rings. The van der Waals surface area contributed by atoms with Crippen LogP contribution < -0.4 is 0 Å². The Morgan fingerprint density at radius 2 is 0.971 bits per heavy atom. The number of rotatable bonds is 4. The molecule has 0 amide bonds. The van der Waals surface area contributed by atoms with Gasteiger partial charge >= 0.3 is 0 Å². The minimum Gasteiger partial charge on any atom is -0.456 e. The van der Waals surface area contributed by atoms with E-state index in [1.807, 2.05) is 36.7 Å². The van der Waals surface area contributed by atoms with Gasteiger partial charge in [0.05, 0.1) is 44.8 Å². The van der Waals surface area contributed by atoms with E-state index in [2.05, 4.69) is 183 Å². The van der Waals surface area contributed by atoms with Crippen LogP contribution in [0.5, 0.6) is 0 Å². The predicted octanol–water partition coefficient (Wildman–Crippen LogP) is 16.5. The zero-order chi connectivity index (χ0) is 46.2. The Bertz CT molecular complexity index is 4590. The topological polar surface area (TPSA) is 77.6 Å². The Hall–Kier alpha value is -9.13. The van der Waals surface area contributed by atoms with Crippen LogP contribution in [0.4, 0.5) is 0 Å². The van der Waals surface area contributed by atoms with Crippen LogP contribution in [-0.4, -0.2) is 24.9 Å². The molecule has 0 aliphatic heterocycles. The third kappa shape index (κ3) is 5.65. The first kappa shape index (κ1) is 38.9. The van der Waals surface area contributed by atoms with E-state index in [9.17, 15) is 0 Å². The number of hydrogen-bond acceptors (Lipinski definition) is 6. The molecule has 1 aliphatic carbocycles. The molecule has 1 aliphatic rings. The highest BCUT2D eigenvalue weighted by molar-refractivity contribution is 6.19. The fourth-order valence-electron chi connectivity index (χ4n) is 11.5. The van der Waals surface area contributed by atoms with Crippen LogP contribution in [-0.2, 0) is 5.41 Å². The lowest BCUT2D eigenvalue weighted by Crippen LogP contribution is -2.15. The molecule has 6 heterocycles. The first-order valence-corrected chi connectivity index (χ1v) is 23.8. The fourth-order valence-corrected chi connectivity index (χ4v) is 11.5. The van der Waals surface area contributed by atoms with Crippen molar-refractivity contribution >= 4 is 87.1 Å². The van der Waals surface area contributed by atoms with Crippen molar-refractivity contribution in [3.8, 4) is 56.2 Å². The van der Waals surface area contributed by atoms with E-state index in [1.54, 1.807) is 0 Å². The lowest BCUT2D eigenvalue weighted by molar-refractivity contribution is 0.620. The Morgan fingerprint density at radius 1 is 0.371 bits per heavy atom. The minimum atomic E-state index is -0.339. The zero-order valence-electron chi connectivity index (χ0n) is 38.2. The molecular weight excluding hydrogens is 855 g/mol. The molecule has 326 valence electrons. The molecule has 0 unspecified atom stereocenters. The van der Waals surface area contributed by atoms with E-state index >= 15 is 0 Å². The highest BCUT2D eigenvalue weighted by atomic mass is 16.3. The fraction of sp³-hybridized carbons (Fsp3) is 0.0469. The van der Waals surface area contributed by atoms with Crippen LogP contribution in [0.3, 0.4) is 0 Å². The number of benzene rings is 8. The molecule has 0 saturated carbocycles. The Balaban J connectivity index is 0.822. The second kappa shape index (κ2) is 14.4. The molecule has 0 radical (unpaired) electrons. The van der Waals surface area contributed by atoms with Crippen LogP contribution in [0.25, 0.3) is 143 Å². The maximum atomic E-state index is 6.89. The summed E-state index contributed by atoms with van der Waals surface area (Å²) >= 11 is 0. The molecule has 0 N–H and O–H groups in total. The molecular formula is C64H39N5O. The third-order valence-corrected chi connectivity index (χ3v) is 14.9. The smallest absolute Gasteiger partial charge is 0.140 e. The van der Waals surface area contributed by atoms with Crippen LogP contribution in [0.2, 0.25) is 0 Å². The number of nitrogens with zero attached hydrogens (tertiary/aromatic N) is 5. The number of fused-ring (bicyclic) bond motifs is 16. The first-order valence-electron chi connectivity index (χ1n) is 23.8. The summed E-state index contributed by atoms with van der Waals surface area (Å²) in [4.78, 5) is 25.0. The molecule has 0 spiro atoms. The average molecular weight is 894 g/mol. The lowest BCUT2D eigenvalue weighted by atomic mass is 9.80. The van der Waals surface area contributed by atoms with Crippen molar-refractivity contribution in [3.05, 3.63) is 212 Å². The van der Waals surface area contributed by atoms with Crippen LogP contribution >= 0.6 is 0 Å². The molecule has 0 saturated heterocycles. The van der Waals surface area contributed by atoms with Crippen molar-refractivity contribution in [1.29, 1.82) is 0 Å². The van der Waals surface area contributed by atoms with Gasteiger partial charge in [0.25, 0.3) is 0 Å². The van der Waals surface area contributed by atoms with Crippen molar-refractivity contribution in [1.82, 2.24) is 24.9 Å². The van der Waals surface area contributed by atoms with Crippen LogP contribution in [0.1, 0.15) is 25.0 Å². The summed E-state index contributed by atoms with van der Waals surface area (Å²) in [6.07, 6.45) is 3.67. The van der Waals surface area contributed by atoms with Crippen molar-refractivity contribution < 1.29 is 4.42 Å². The van der Waals surface area contributed by atoms with Crippen molar-refractivity contribution in [3.63, 3.8) is 0 Å². The van der Waals surface area contributed by atoms with Crippen molar-refractivity contribution in [2.75, 3.05) is 0 Å². The predicted molar refractivity (Wildman–Crippen MR) is 287 cm³/mol. The van der Waals surface area contributed by atoms with Gasteiger partial charge in [-0.05, 0) is 116 Å². The Labute approximate surface area is 401 Å². The van der Waals surface area contributed by atoms with Gasteiger partial charge in [0, 0.05) is 66.8 Å². The van der Waals surface area contributed by atoms with Gasteiger partial charge in [-0.25, -0.2) is 15.0 Å². The largest absolute Gasteiger partial charge is 0.456 e. The number of hydrogen-bond donors (Lipinski definition) is 0. The zero-order valence-corrected chi connectivity index (χ0v) is 38.2. The van der Waals surface area contributed by atoms with E-state index < -0.39 is 0 Å². The molecule has 0 fully saturated rings. The lowest BCUT2D eigenvalue weighted by Gasteiger charge is -2.22. The SMILES string of the molecule is CC1(C)c2cc(-c3ccc(-c4ccc5ccc6cccnc6c5n4)c4c3ccc3ccccc34)ccc2-c2ccc3c(oc4ccc(-c5cccc(-c6ccc7ccc8cccnc8c7n6)n5)cc43)c21. The quantitative estimate of drug-likeness (QED) is 0.164. The summed E-state index contributed by atoms with van der Waals surface area (Å²) in [5.41, 5.74) is 17.9. The van der Waals surface area contributed by atoms with Crippen LogP contribution in [0.15, 0.2) is 205 Å². The van der Waals surface area contributed by atoms with Crippen molar-refractivity contribution in [2.24, 2.45) is 0 Å². The summed E-state index contributed by atoms with van der Waals surface area (Å²) in [6, 6.07) is 67.0. The monoisotopic (exact) mass is 893 g/mol. The molecule has 8 aromatic carbocycles. The van der Waals surface area contributed by atoms with Gasteiger partial charge in [-0.1, -0.05) is 135 Å². The maximum absolute atomic E-state index is 6.89. The number of furan rings is 1. The van der Waals surface area contributed by atoms with Gasteiger partial charge in [-0.3, -0.25) is 9.97 Å². The minimum absolute atomic E-state index is 0.339. The standard InChI is InChI=1S/C64H39N5O/c1-64(2)51-35-41(43-25-28-49(57-44-11-4-3-8-36(44)18-24-46(43)57)53-29-20-39-16-14-37-9-6-32-65-59(37)61(39)68-53)19-23-45(51)47-26-27-48-50-34-42(22-31-56(50)70-63(48)58(47)64)52-12-5-13-54(67-52)55-30-21-40-17-15-38-10-7-33-66-60(38)62(40)69-55/h3-35H,1-2H3. The van der Waals surface area contributed by atoms with Gasteiger partial charge in [-0.15, -0.1) is 0 Å². The van der Waals surface area contributed by atoms with E-state index in [4.69, 9.17) is 24.4 Å². The van der Waals surface area contributed by atoms with E-state index in [0.717, 1.165) is 99.5 Å². The van der Waals surface area contributed by atoms with E-state index in [0.29, 0.717) is 0 Å². The van der Waals surface area contributed by atoms with E-state index in [-0.39, 0.29) is 5.41 Å². The molecule has 6 aromatic heterocycles. The summed E-state index contributed by atoms with van der Waals surface area (Å²) < 4.78 is 6.89. The highest BCUT2D eigenvalue weighted by Crippen LogP contribution is 2.54.